The van der Waals surface area contributed by atoms with Crippen molar-refractivity contribution in [3.05, 3.63) is 41.8 Å². The van der Waals surface area contributed by atoms with Gasteiger partial charge in [-0.05, 0) is 12.1 Å². The highest BCUT2D eigenvalue weighted by Gasteiger charge is 2.11. The van der Waals surface area contributed by atoms with Crippen molar-refractivity contribution in [1.29, 1.82) is 10.5 Å². The van der Waals surface area contributed by atoms with Crippen molar-refractivity contribution in [2.24, 2.45) is 0 Å². The number of hydrogen-bond donors (Lipinski definition) is 0. The second-order valence-corrected chi connectivity index (χ2v) is 2.75. The molecule has 0 bridgehead atoms. The fourth-order valence-electron chi connectivity index (χ4n) is 1.15. The van der Waals surface area contributed by atoms with Gasteiger partial charge in [-0.3, -0.25) is 0 Å². The van der Waals surface area contributed by atoms with E-state index in [4.69, 9.17) is 19.7 Å². The maximum Gasteiger partial charge on any atom is 0.399 e. The Kier molecular flexibility index (Phi) is 2.53. The molecule has 1 aromatic carbocycles. The molecule has 0 atom stereocenters. The Bertz CT molecular complexity index is 576. The number of nitrogens with zero attached hydrogens (tertiary/aromatic N) is 3. The molecule has 0 saturated heterocycles. The summed E-state index contributed by atoms with van der Waals surface area (Å²) < 4.78 is 9.96. The van der Waals surface area contributed by atoms with E-state index < -0.39 is 0 Å². The predicted molar refractivity (Wildman–Crippen MR) is 51.3 cm³/mol. The first-order chi connectivity index (χ1) is 7.85. The second-order valence-electron chi connectivity index (χ2n) is 2.75. The minimum Gasteiger partial charge on any atom is -0.409 e. The fraction of sp³-hybridized carbons (Fsp3) is 0. The molecule has 1 radical (unpaired) electrons. The van der Waals surface area contributed by atoms with Crippen LogP contribution in [0.4, 0.5) is 0 Å². The molecule has 5 nitrogen and oxygen atoms in total. The zero-order chi connectivity index (χ0) is 11.4. The quantitative estimate of drug-likeness (QED) is 0.756. The molecule has 1 heterocycles. The van der Waals surface area contributed by atoms with Gasteiger partial charge in [-0.25, -0.2) is 0 Å². The highest BCUT2D eigenvalue weighted by molar-refractivity contribution is 5.54. The van der Waals surface area contributed by atoms with E-state index in [1.807, 2.05) is 12.1 Å². The Hall–Kier alpha value is -2.79. The maximum atomic E-state index is 8.92. The van der Waals surface area contributed by atoms with Gasteiger partial charge >= 0.3 is 6.08 Å². The Balaban J connectivity index is 2.43. The number of ether oxygens (including phenoxy) is 1. The summed E-state index contributed by atoms with van der Waals surface area (Å²) in [5.74, 6) is 0.234. The lowest BCUT2D eigenvalue weighted by Crippen LogP contribution is -1.91. The molecule has 0 fully saturated rings. The average molecular weight is 210 g/mol. The third kappa shape index (κ3) is 1.70. The van der Waals surface area contributed by atoms with Gasteiger partial charge in [0.1, 0.15) is 17.7 Å². The molecule has 0 aliphatic carbocycles. The smallest absolute Gasteiger partial charge is 0.399 e. The average Bonchev–Trinajstić information content (AvgIpc) is 2.81. The fourth-order valence-corrected chi connectivity index (χ4v) is 1.15. The lowest BCUT2D eigenvalue weighted by Gasteiger charge is -2.03. The molecule has 1 aromatic heterocycles. The second kappa shape index (κ2) is 4.16. The predicted octanol–water partition coefficient (Wildman–Crippen LogP) is 2.01. The molecule has 0 spiro atoms. The van der Waals surface area contributed by atoms with Gasteiger partial charge in [0.25, 0.3) is 0 Å². The summed E-state index contributed by atoms with van der Waals surface area (Å²) in [7, 11) is 0. The largest absolute Gasteiger partial charge is 0.409 e. The number of benzene rings is 1. The van der Waals surface area contributed by atoms with Crippen LogP contribution >= 0.6 is 0 Å². The maximum absolute atomic E-state index is 8.92. The van der Waals surface area contributed by atoms with Gasteiger partial charge in [0.05, 0.1) is 11.8 Å². The van der Waals surface area contributed by atoms with Crippen LogP contribution in [0.2, 0.25) is 0 Å². The summed E-state index contributed by atoms with van der Waals surface area (Å²) in [4.78, 5) is 3.71. The lowest BCUT2D eigenvalue weighted by atomic mass is 10.1. The summed E-state index contributed by atoms with van der Waals surface area (Å²) in [6, 6.07) is 8.51. The van der Waals surface area contributed by atoms with Gasteiger partial charge in [-0.1, -0.05) is 6.07 Å². The van der Waals surface area contributed by atoms with Crippen molar-refractivity contribution < 1.29 is 9.15 Å². The van der Waals surface area contributed by atoms with Crippen LogP contribution < -0.4 is 4.74 Å². The van der Waals surface area contributed by atoms with E-state index in [2.05, 4.69) is 11.2 Å². The van der Waals surface area contributed by atoms with Crippen LogP contribution in [-0.2, 0) is 0 Å². The molecule has 0 saturated carbocycles. The number of nitriles is 2. The van der Waals surface area contributed by atoms with Crippen molar-refractivity contribution in [1.82, 2.24) is 4.98 Å². The Labute approximate surface area is 91.1 Å². The Morgan fingerprint density at radius 2 is 2.19 bits per heavy atom. The lowest BCUT2D eigenvalue weighted by molar-refractivity contribution is 0.327. The molecule has 0 aliphatic rings. The van der Waals surface area contributed by atoms with Crippen molar-refractivity contribution in [3.63, 3.8) is 0 Å². The van der Waals surface area contributed by atoms with E-state index >= 15 is 0 Å². The number of hydrogen-bond acceptors (Lipinski definition) is 5. The highest BCUT2D eigenvalue weighted by atomic mass is 16.6. The molecule has 2 aromatic rings. The summed E-state index contributed by atoms with van der Waals surface area (Å²) in [5, 5.41) is 17.7. The standard InChI is InChI=1S/C11H4N3O2/c12-6-8-2-1-3-10(9(8)7-13)16-11-14-4-5-15-11/h1-4H. The SMILES string of the molecule is N#Cc1cccc(Oc2nc[c]o2)c1C#N. The van der Waals surface area contributed by atoms with Gasteiger partial charge in [-0.2, -0.15) is 15.5 Å². The van der Waals surface area contributed by atoms with Gasteiger partial charge in [-0.15, -0.1) is 0 Å². The van der Waals surface area contributed by atoms with Crippen LogP contribution in [0.15, 0.2) is 28.8 Å². The topological polar surface area (TPSA) is 82.8 Å². The minimum absolute atomic E-state index is 0.0217. The molecular formula is C11H4N3O2. The van der Waals surface area contributed by atoms with E-state index in [1.54, 1.807) is 12.1 Å². The van der Waals surface area contributed by atoms with Crippen molar-refractivity contribution in [2.75, 3.05) is 0 Å². The van der Waals surface area contributed by atoms with Gasteiger partial charge in [0, 0.05) is 0 Å². The van der Waals surface area contributed by atoms with E-state index in [0.29, 0.717) is 0 Å². The zero-order valence-electron chi connectivity index (χ0n) is 7.97. The Morgan fingerprint density at radius 1 is 1.31 bits per heavy atom. The van der Waals surface area contributed by atoms with E-state index in [0.717, 1.165) is 0 Å². The summed E-state index contributed by atoms with van der Waals surface area (Å²) >= 11 is 0. The third-order valence-corrected chi connectivity index (χ3v) is 1.82. The molecule has 0 N–H and O–H groups in total. The normalized spacial score (nSPS) is 9.12. The van der Waals surface area contributed by atoms with Crippen LogP contribution in [0.3, 0.4) is 0 Å². The molecule has 0 unspecified atom stereocenters. The van der Waals surface area contributed by atoms with Crippen LogP contribution in [0, 0.1) is 28.9 Å². The minimum atomic E-state index is -0.0217. The number of rotatable bonds is 2. The molecule has 16 heavy (non-hydrogen) atoms. The number of aromatic nitrogens is 1. The Morgan fingerprint density at radius 3 is 2.81 bits per heavy atom. The summed E-state index contributed by atoms with van der Waals surface area (Å²) in [5.41, 5.74) is 0.402. The highest BCUT2D eigenvalue weighted by Crippen LogP contribution is 2.25. The van der Waals surface area contributed by atoms with Crippen molar-refractivity contribution >= 4 is 0 Å². The molecule has 0 aliphatic heterocycles. The first-order valence-corrected chi connectivity index (χ1v) is 4.28. The van der Waals surface area contributed by atoms with E-state index in [9.17, 15) is 0 Å². The van der Waals surface area contributed by atoms with Crippen molar-refractivity contribution in [3.8, 4) is 24.0 Å². The van der Waals surface area contributed by atoms with Gasteiger partial charge in [0.15, 0.2) is 12.0 Å². The number of oxazole rings is 1. The van der Waals surface area contributed by atoms with E-state index in [1.165, 1.54) is 12.3 Å². The van der Waals surface area contributed by atoms with Crippen LogP contribution in [0.1, 0.15) is 11.1 Å². The van der Waals surface area contributed by atoms with E-state index in [-0.39, 0.29) is 23.0 Å². The van der Waals surface area contributed by atoms with Gasteiger partial charge < -0.3 is 9.15 Å². The van der Waals surface area contributed by atoms with Crippen LogP contribution in [0.25, 0.3) is 0 Å². The van der Waals surface area contributed by atoms with Crippen LogP contribution in [-0.4, -0.2) is 4.98 Å². The first-order valence-electron chi connectivity index (χ1n) is 4.28. The monoisotopic (exact) mass is 210 g/mol. The summed E-state index contributed by atoms with van der Waals surface area (Å²) in [6.07, 6.45) is 3.64. The zero-order valence-corrected chi connectivity index (χ0v) is 7.97. The molecule has 2 rings (SSSR count). The molecule has 0 amide bonds. The molecule has 75 valence electrons. The van der Waals surface area contributed by atoms with Crippen molar-refractivity contribution in [2.45, 2.75) is 0 Å². The summed E-state index contributed by atoms with van der Waals surface area (Å²) in [6.45, 7) is 0. The first kappa shape index (κ1) is 9.75. The third-order valence-electron chi connectivity index (χ3n) is 1.82. The molecular weight excluding hydrogens is 206 g/mol. The molecule has 5 heteroatoms. The van der Waals surface area contributed by atoms with Gasteiger partial charge in [0.2, 0.25) is 0 Å². The van der Waals surface area contributed by atoms with Crippen LogP contribution in [0.5, 0.6) is 11.8 Å².